The zero-order valence-corrected chi connectivity index (χ0v) is 15.8. The van der Waals surface area contributed by atoms with Crippen LogP contribution in [0.1, 0.15) is 39.3 Å². The van der Waals surface area contributed by atoms with Crippen molar-refractivity contribution in [1.82, 2.24) is 9.80 Å². The highest BCUT2D eigenvalue weighted by Gasteiger charge is 2.44. The van der Waals surface area contributed by atoms with Gasteiger partial charge in [0.25, 0.3) is 5.91 Å². The van der Waals surface area contributed by atoms with Gasteiger partial charge >= 0.3 is 0 Å². The fraction of sp³-hybridized carbons (Fsp3) is 0.500. The van der Waals surface area contributed by atoms with Crippen LogP contribution in [-0.4, -0.2) is 52.8 Å². The molecular weight excluding hydrogens is 335 g/mol. The number of rotatable bonds is 8. The van der Waals surface area contributed by atoms with E-state index in [-0.39, 0.29) is 16.9 Å². The predicted octanol–water partition coefficient (Wildman–Crippen LogP) is 3.09. The Morgan fingerprint density at radius 3 is 2.42 bits per heavy atom. The number of aliphatic hydroxyl groups excluding tert-OH is 1. The van der Waals surface area contributed by atoms with Gasteiger partial charge in [-0.2, -0.15) is 0 Å². The molecular formula is C20H27FN2O3. The van der Waals surface area contributed by atoms with Crippen LogP contribution >= 0.6 is 0 Å². The maximum absolute atomic E-state index is 14.5. The Kier molecular flexibility index (Phi) is 6.53. The van der Waals surface area contributed by atoms with Crippen LogP contribution in [0.5, 0.6) is 0 Å². The van der Waals surface area contributed by atoms with Gasteiger partial charge in [-0.25, -0.2) is 4.39 Å². The van der Waals surface area contributed by atoms with Gasteiger partial charge in [0, 0.05) is 24.6 Å². The molecule has 0 radical (unpaired) electrons. The number of likely N-dealkylation sites (N-methyl/N-ethyl adjacent to an activating group) is 1. The average Bonchev–Trinajstić information content (AvgIpc) is 2.87. The number of halogens is 1. The van der Waals surface area contributed by atoms with Gasteiger partial charge in [0.05, 0.1) is 11.6 Å². The number of hydrogen-bond donors (Lipinski definition) is 1. The molecule has 1 unspecified atom stereocenters. The van der Waals surface area contributed by atoms with Crippen molar-refractivity contribution in [2.75, 3.05) is 26.2 Å². The van der Waals surface area contributed by atoms with Gasteiger partial charge in [0.1, 0.15) is 5.82 Å². The van der Waals surface area contributed by atoms with E-state index in [1.54, 1.807) is 32.0 Å². The second kappa shape index (κ2) is 8.45. The molecule has 2 rings (SSSR count). The van der Waals surface area contributed by atoms with E-state index < -0.39 is 29.4 Å². The topological polar surface area (TPSA) is 60.9 Å². The van der Waals surface area contributed by atoms with Crippen molar-refractivity contribution in [3.8, 4) is 0 Å². The number of benzene rings is 1. The molecule has 0 fully saturated rings. The summed E-state index contributed by atoms with van der Waals surface area (Å²) in [6.45, 7) is 9.97. The second-order valence-electron chi connectivity index (χ2n) is 6.73. The van der Waals surface area contributed by atoms with Gasteiger partial charge in [0.2, 0.25) is 0 Å². The molecule has 0 saturated carbocycles. The third kappa shape index (κ3) is 3.80. The fourth-order valence-corrected chi connectivity index (χ4v) is 3.26. The summed E-state index contributed by atoms with van der Waals surface area (Å²) < 4.78 is 14.5. The maximum Gasteiger partial charge on any atom is 0.290 e. The van der Waals surface area contributed by atoms with Crippen molar-refractivity contribution in [1.29, 1.82) is 0 Å². The highest BCUT2D eigenvalue weighted by Crippen LogP contribution is 2.39. The number of aliphatic hydroxyl groups is 1. The van der Waals surface area contributed by atoms with E-state index in [0.29, 0.717) is 13.1 Å². The van der Waals surface area contributed by atoms with Crippen LogP contribution in [0, 0.1) is 11.7 Å². The SMILES string of the molecule is CCN(CC)CCN1C(=O)C(O)=C(C(=O)C(C)C)C1c1ccccc1F. The molecule has 1 heterocycles. The van der Waals surface area contributed by atoms with Gasteiger partial charge in [-0.05, 0) is 19.2 Å². The monoisotopic (exact) mass is 362 g/mol. The lowest BCUT2D eigenvalue weighted by atomic mass is 9.91. The van der Waals surface area contributed by atoms with Gasteiger partial charge in [-0.1, -0.05) is 45.9 Å². The lowest BCUT2D eigenvalue weighted by Crippen LogP contribution is -2.39. The molecule has 1 amide bonds. The smallest absolute Gasteiger partial charge is 0.290 e. The van der Waals surface area contributed by atoms with Crippen LogP contribution in [-0.2, 0) is 9.59 Å². The number of nitrogens with zero attached hydrogens (tertiary/aromatic N) is 2. The Morgan fingerprint density at radius 2 is 1.88 bits per heavy atom. The molecule has 0 saturated heterocycles. The van der Waals surface area contributed by atoms with Gasteiger partial charge in [-0.15, -0.1) is 0 Å². The first kappa shape index (κ1) is 20.1. The van der Waals surface area contributed by atoms with Crippen molar-refractivity contribution in [3.63, 3.8) is 0 Å². The van der Waals surface area contributed by atoms with Crippen LogP contribution in [0.3, 0.4) is 0 Å². The van der Waals surface area contributed by atoms with E-state index in [1.165, 1.54) is 11.0 Å². The number of amides is 1. The zero-order valence-electron chi connectivity index (χ0n) is 15.8. The third-order valence-electron chi connectivity index (χ3n) is 4.84. The van der Waals surface area contributed by atoms with Crippen LogP contribution < -0.4 is 0 Å². The largest absolute Gasteiger partial charge is 0.503 e. The van der Waals surface area contributed by atoms with E-state index >= 15 is 0 Å². The molecule has 1 aliphatic heterocycles. The molecule has 0 bridgehead atoms. The Balaban J connectivity index is 2.46. The summed E-state index contributed by atoms with van der Waals surface area (Å²) in [4.78, 5) is 28.8. The number of hydrogen-bond acceptors (Lipinski definition) is 4. The summed E-state index contributed by atoms with van der Waals surface area (Å²) in [5, 5.41) is 10.4. The number of carbonyl (C=O) groups excluding carboxylic acids is 2. The maximum atomic E-state index is 14.5. The molecule has 0 aliphatic carbocycles. The van der Waals surface area contributed by atoms with E-state index in [2.05, 4.69) is 4.90 Å². The van der Waals surface area contributed by atoms with E-state index in [1.807, 2.05) is 13.8 Å². The van der Waals surface area contributed by atoms with E-state index in [9.17, 15) is 19.1 Å². The quantitative estimate of drug-likeness (QED) is 0.772. The molecule has 5 nitrogen and oxygen atoms in total. The van der Waals surface area contributed by atoms with Gasteiger partial charge in [-0.3, -0.25) is 9.59 Å². The molecule has 1 aliphatic rings. The zero-order chi connectivity index (χ0) is 19.4. The summed E-state index contributed by atoms with van der Waals surface area (Å²) in [5.41, 5.74) is 0.225. The first-order valence-corrected chi connectivity index (χ1v) is 9.08. The summed E-state index contributed by atoms with van der Waals surface area (Å²) in [6, 6.07) is 5.19. The standard InChI is InChI=1S/C20H27FN2O3/c1-5-22(6-2)11-12-23-17(14-9-7-8-10-15(14)21)16(18(24)13(3)4)19(25)20(23)26/h7-10,13,17,25H,5-6,11-12H2,1-4H3. The van der Waals surface area contributed by atoms with Crippen LogP contribution in [0.4, 0.5) is 4.39 Å². The number of Topliss-reactive ketones (excluding diaryl/α,β-unsaturated/α-hetero) is 1. The molecule has 142 valence electrons. The third-order valence-corrected chi connectivity index (χ3v) is 4.84. The number of ketones is 1. The molecule has 1 aromatic carbocycles. The van der Waals surface area contributed by atoms with Crippen molar-refractivity contribution in [2.45, 2.75) is 33.7 Å². The van der Waals surface area contributed by atoms with Crippen molar-refractivity contribution >= 4 is 11.7 Å². The van der Waals surface area contributed by atoms with Crippen LogP contribution in [0.2, 0.25) is 0 Å². The molecule has 0 spiro atoms. The minimum atomic E-state index is -0.894. The first-order valence-electron chi connectivity index (χ1n) is 9.08. The Labute approximate surface area is 154 Å². The lowest BCUT2D eigenvalue weighted by Gasteiger charge is -2.29. The minimum Gasteiger partial charge on any atom is -0.503 e. The van der Waals surface area contributed by atoms with Crippen LogP contribution in [0.25, 0.3) is 0 Å². The molecule has 1 atom stereocenters. The summed E-state index contributed by atoms with van der Waals surface area (Å²) in [5.74, 6) is -2.42. The Bertz CT molecular complexity index is 711. The molecule has 1 aromatic rings. The predicted molar refractivity (Wildman–Crippen MR) is 98.1 cm³/mol. The van der Waals surface area contributed by atoms with Gasteiger partial charge < -0.3 is 14.9 Å². The van der Waals surface area contributed by atoms with E-state index in [0.717, 1.165) is 13.1 Å². The summed E-state index contributed by atoms with van der Waals surface area (Å²) in [7, 11) is 0. The van der Waals surface area contributed by atoms with Gasteiger partial charge in [0.15, 0.2) is 11.5 Å². The van der Waals surface area contributed by atoms with E-state index in [4.69, 9.17) is 0 Å². The number of carbonyl (C=O) groups is 2. The normalized spacial score (nSPS) is 17.7. The van der Waals surface area contributed by atoms with Crippen molar-refractivity contribution in [2.24, 2.45) is 5.92 Å². The highest BCUT2D eigenvalue weighted by atomic mass is 19.1. The van der Waals surface area contributed by atoms with Crippen molar-refractivity contribution in [3.05, 3.63) is 47.0 Å². The van der Waals surface area contributed by atoms with Crippen LogP contribution in [0.15, 0.2) is 35.6 Å². The van der Waals surface area contributed by atoms with Crippen molar-refractivity contribution < 1.29 is 19.1 Å². The Morgan fingerprint density at radius 1 is 1.27 bits per heavy atom. The molecule has 6 heteroatoms. The molecule has 0 aromatic heterocycles. The summed E-state index contributed by atoms with van der Waals surface area (Å²) >= 11 is 0. The minimum absolute atomic E-state index is 0.00496. The first-order chi connectivity index (χ1) is 12.3. The fourth-order valence-electron chi connectivity index (χ4n) is 3.26. The molecule has 26 heavy (non-hydrogen) atoms. The summed E-state index contributed by atoms with van der Waals surface area (Å²) in [6.07, 6.45) is 0. The lowest BCUT2D eigenvalue weighted by molar-refractivity contribution is -0.129. The molecule has 1 N–H and O–H groups in total. The average molecular weight is 362 g/mol. The Hall–Kier alpha value is -2.21. The highest BCUT2D eigenvalue weighted by molar-refractivity contribution is 6.09. The second-order valence-corrected chi connectivity index (χ2v) is 6.73.